The summed E-state index contributed by atoms with van der Waals surface area (Å²) in [7, 11) is 0. The second-order valence-corrected chi connectivity index (χ2v) is 5.04. The molecule has 0 aliphatic carbocycles. The molecular weight excluding hydrogens is 249 g/mol. The summed E-state index contributed by atoms with van der Waals surface area (Å²) in [5, 5.41) is 9.19. The molecular formula is C13H16FN3S. The molecule has 5 heteroatoms. The number of hydrogen-bond acceptors (Lipinski definition) is 3. The summed E-state index contributed by atoms with van der Waals surface area (Å²) in [6, 6.07) is 6.57. The first-order valence-electron chi connectivity index (χ1n) is 5.97. The molecule has 96 valence electrons. The van der Waals surface area contributed by atoms with Crippen molar-refractivity contribution in [1.29, 1.82) is 0 Å². The molecule has 0 N–H and O–H groups in total. The first-order chi connectivity index (χ1) is 8.70. The minimum absolute atomic E-state index is 0.200. The molecule has 2 aromatic rings. The summed E-state index contributed by atoms with van der Waals surface area (Å²) in [5.41, 5.74) is 1.09. The Kier molecular flexibility index (Phi) is 4.36. The number of hydrogen-bond donors (Lipinski definition) is 0. The van der Waals surface area contributed by atoms with Crippen LogP contribution in [0.1, 0.15) is 24.7 Å². The zero-order chi connectivity index (χ0) is 13.0. The quantitative estimate of drug-likeness (QED) is 0.776. The Morgan fingerprint density at radius 2 is 1.94 bits per heavy atom. The minimum Gasteiger partial charge on any atom is -0.306 e. The highest BCUT2D eigenvalue weighted by atomic mass is 32.2. The zero-order valence-electron chi connectivity index (χ0n) is 10.6. The average molecular weight is 265 g/mol. The third-order valence-corrected chi connectivity index (χ3v) is 3.67. The van der Waals surface area contributed by atoms with Crippen LogP contribution < -0.4 is 0 Å². The lowest BCUT2D eigenvalue weighted by Gasteiger charge is -2.06. The van der Waals surface area contributed by atoms with Crippen LogP contribution in [0.2, 0.25) is 0 Å². The van der Waals surface area contributed by atoms with Crippen molar-refractivity contribution < 1.29 is 4.39 Å². The number of benzene rings is 1. The maximum absolute atomic E-state index is 12.8. The van der Waals surface area contributed by atoms with E-state index in [9.17, 15) is 4.39 Å². The van der Waals surface area contributed by atoms with Gasteiger partial charge in [-0.3, -0.25) is 0 Å². The number of nitrogens with zero attached hydrogens (tertiary/aromatic N) is 3. The fourth-order valence-corrected chi connectivity index (χ4v) is 2.64. The van der Waals surface area contributed by atoms with E-state index in [4.69, 9.17) is 0 Å². The molecule has 0 aliphatic heterocycles. The van der Waals surface area contributed by atoms with Gasteiger partial charge in [0, 0.05) is 12.3 Å². The second-order valence-electron chi connectivity index (χ2n) is 4.10. The van der Waals surface area contributed by atoms with Gasteiger partial charge in [0.25, 0.3) is 0 Å². The molecule has 0 aliphatic rings. The van der Waals surface area contributed by atoms with Crippen LogP contribution in [0.3, 0.4) is 0 Å². The van der Waals surface area contributed by atoms with Crippen LogP contribution in [0.5, 0.6) is 0 Å². The SMILES string of the molecule is CCCn1c(C)nnc1SCc1ccc(F)cc1. The van der Waals surface area contributed by atoms with Crippen LogP contribution in [0, 0.1) is 12.7 Å². The van der Waals surface area contributed by atoms with E-state index in [1.807, 2.05) is 6.92 Å². The lowest BCUT2D eigenvalue weighted by Crippen LogP contribution is -2.01. The molecule has 1 aromatic carbocycles. The molecule has 0 fully saturated rings. The standard InChI is InChI=1S/C13H16FN3S/c1-3-8-17-10(2)15-16-13(17)18-9-11-4-6-12(14)7-5-11/h4-7H,3,8-9H2,1-2H3. The van der Waals surface area contributed by atoms with Crippen molar-refractivity contribution in [3.63, 3.8) is 0 Å². The third kappa shape index (κ3) is 3.10. The highest BCUT2D eigenvalue weighted by molar-refractivity contribution is 7.98. The Hall–Kier alpha value is -1.36. The minimum atomic E-state index is -0.200. The Bertz CT molecular complexity index is 507. The van der Waals surface area contributed by atoms with Gasteiger partial charge in [0.05, 0.1) is 0 Å². The van der Waals surface area contributed by atoms with Crippen LogP contribution >= 0.6 is 11.8 Å². The zero-order valence-corrected chi connectivity index (χ0v) is 11.4. The Balaban J connectivity index is 2.03. The number of thioether (sulfide) groups is 1. The van der Waals surface area contributed by atoms with Gasteiger partial charge in [0.15, 0.2) is 5.16 Å². The summed E-state index contributed by atoms with van der Waals surface area (Å²) in [6.07, 6.45) is 1.06. The molecule has 0 bridgehead atoms. The first kappa shape index (κ1) is 13.1. The predicted molar refractivity (Wildman–Crippen MR) is 71.0 cm³/mol. The summed E-state index contributed by atoms with van der Waals surface area (Å²) < 4.78 is 14.9. The molecule has 0 atom stereocenters. The summed E-state index contributed by atoms with van der Waals surface area (Å²) in [5.74, 6) is 1.52. The Morgan fingerprint density at radius 1 is 1.22 bits per heavy atom. The molecule has 0 unspecified atom stereocenters. The van der Waals surface area contributed by atoms with Gasteiger partial charge in [0.1, 0.15) is 11.6 Å². The van der Waals surface area contributed by atoms with E-state index in [-0.39, 0.29) is 5.82 Å². The maximum Gasteiger partial charge on any atom is 0.191 e. The Labute approximate surface area is 110 Å². The lowest BCUT2D eigenvalue weighted by atomic mass is 10.2. The van der Waals surface area contributed by atoms with Gasteiger partial charge < -0.3 is 4.57 Å². The van der Waals surface area contributed by atoms with E-state index in [0.717, 1.165) is 35.3 Å². The molecule has 0 radical (unpaired) electrons. The summed E-state index contributed by atoms with van der Waals surface area (Å²) in [6.45, 7) is 5.03. The molecule has 0 saturated heterocycles. The van der Waals surface area contributed by atoms with Crippen LogP contribution in [0.25, 0.3) is 0 Å². The fourth-order valence-electron chi connectivity index (χ4n) is 1.68. The van der Waals surface area contributed by atoms with Crippen LogP contribution in [0.15, 0.2) is 29.4 Å². The van der Waals surface area contributed by atoms with Crippen molar-refractivity contribution in [2.45, 2.75) is 37.7 Å². The van der Waals surface area contributed by atoms with E-state index in [0.29, 0.717) is 0 Å². The van der Waals surface area contributed by atoms with Crippen molar-refractivity contribution in [1.82, 2.24) is 14.8 Å². The lowest BCUT2D eigenvalue weighted by molar-refractivity contribution is 0.605. The molecule has 0 amide bonds. The smallest absolute Gasteiger partial charge is 0.191 e. The normalized spacial score (nSPS) is 10.8. The van der Waals surface area contributed by atoms with E-state index >= 15 is 0 Å². The molecule has 1 heterocycles. The predicted octanol–water partition coefficient (Wildman–Crippen LogP) is 3.43. The van der Waals surface area contributed by atoms with E-state index in [1.165, 1.54) is 12.1 Å². The van der Waals surface area contributed by atoms with Crippen LogP contribution in [0.4, 0.5) is 4.39 Å². The third-order valence-electron chi connectivity index (χ3n) is 2.63. The second kappa shape index (κ2) is 6.00. The van der Waals surface area contributed by atoms with Crippen LogP contribution in [-0.4, -0.2) is 14.8 Å². The first-order valence-corrected chi connectivity index (χ1v) is 6.96. The maximum atomic E-state index is 12.8. The highest BCUT2D eigenvalue weighted by Gasteiger charge is 2.08. The number of aromatic nitrogens is 3. The fraction of sp³-hybridized carbons (Fsp3) is 0.385. The molecule has 1 aromatic heterocycles. The average Bonchev–Trinajstić information content (AvgIpc) is 2.71. The van der Waals surface area contributed by atoms with Crippen LogP contribution in [-0.2, 0) is 12.3 Å². The van der Waals surface area contributed by atoms with Gasteiger partial charge in [-0.25, -0.2) is 4.39 Å². The largest absolute Gasteiger partial charge is 0.306 e. The number of aryl methyl sites for hydroxylation is 1. The number of rotatable bonds is 5. The summed E-state index contributed by atoms with van der Waals surface area (Å²) >= 11 is 1.63. The molecule has 18 heavy (non-hydrogen) atoms. The molecule has 0 saturated carbocycles. The van der Waals surface area contributed by atoms with Crippen molar-refractivity contribution in [3.8, 4) is 0 Å². The van der Waals surface area contributed by atoms with Gasteiger partial charge in [-0.2, -0.15) is 0 Å². The van der Waals surface area contributed by atoms with E-state index < -0.39 is 0 Å². The molecule has 2 rings (SSSR count). The monoisotopic (exact) mass is 265 g/mol. The van der Waals surface area contributed by atoms with E-state index in [2.05, 4.69) is 21.7 Å². The van der Waals surface area contributed by atoms with Crippen molar-refractivity contribution in [3.05, 3.63) is 41.5 Å². The molecule has 3 nitrogen and oxygen atoms in total. The van der Waals surface area contributed by atoms with Crippen molar-refractivity contribution in [2.75, 3.05) is 0 Å². The Morgan fingerprint density at radius 3 is 2.61 bits per heavy atom. The van der Waals surface area contributed by atoms with Gasteiger partial charge in [-0.15, -0.1) is 10.2 Å². The van der Waals surface area contributed by atoms with Crippen molar-refractivity contribution >= 4 is 11.8 Å². The molecule has 0 spiro atoms. The number of halogens is 1. The van der Waals surface area contributed by atoms with Gasteiger partial charge >= 0.3 is 0 Å². The topological polar surface area (TPSA) is 30.7 Å². The summed E-state index contributed by atoms with van der Waals surface area (Å²) in [4.78, 5) is 0. The van der Waals surface area contributed by atoms with Crippen molar-refractivity contribution in [2.24, 2.45) is 0 Å². The van der Waals surface area contributed by atoms with Gasteiger partial charge in [-0.05, 0) is 31.0 Å². The van der Waals surface area contributed by atoms with Gasteiger partial charge in [0.2, 0.25) is 0 Å². The highest BCUT2D eigenvalue weighted by Crippen LogP contribution is 2.22. The van der Waals surface area contributed by atoms with Gasteiger partial charge in [-0.1, -0.05) is 30.8 Å². The van der Waals surface area contributed by atoms with E-state index in [1.54, 1.807) is 23.9 Å².